The summed E-state index contributed by atoms with van der Waals surface area (Å²) in [6.45, 7) is 0.533. The van der Waals surface area contributed by atoms with Gasteiger partial charge in [0.05, 0.1) is 23.7 Å². The second-order valence-electron chi connectivity index (χ2n) is 7.44. The van der Waals surface area contributed by atoms with Crippen LogP contribution >= 0.6 is 11.6 Å². The van der Waals surface area contributed by atoms with E-state index in [2.05, 4.69) is 25.3 Å². The first-order valence-electron chi connectivity index (χ1n) is 10.1. The lowest BCUT2D eigenvalue weighted by atomic mass is 9.84. The van der Waals surface area contributed by atoms with Crippen LogP contribution in [0.4, 0.5) is 10.2 Å². The maximum Gasteiger partial charge on any atom is 0.311 e. The van der Waals surface area contributed by atoms with Crippen LogP contribution in [0.25, 0.3) is 22.4 Å². The van der Waals surface area contributed by atoms with E-state index in [4.69, 9.17) is 21.1 Å². The van der Waals surface area contributed by atoms with Crippen LogP contribution in [0.15, 0.2) is 24.7 Å². The molecular weight excluding hydrogens is 425 g/mol. The van der Waals surface area contributed by atoms with Crippen LogP contribution in [0.2, 0.25) is 5.02 Å². The number of rotatable bonds is 7. The number of fused-ring (bicyclic) bond motifs is 1. The molecule has 3 aromatic heterocycles. The van der Waals surface area contributed by atoms with Gasteiger partial charge in [-0.25, -0.2) is 19.3 Å². The number of anilines is 1. The van der Waals surface area contributed by atoms with Crippen molar-refractivity contribution in [2.45, 2.75) is 31.7 Å². The molecule has 1 aliphatic carbocycles. The number of methoxy groups -OCH3 is 1. The SMILES string of the molecule is COCCOC(=O)[C@H]1CCCCC1Nc1nc(-c2c[nH]c3ncc(Cl)cc23)ncc1F. The fraction of sp³-hybridized carbons (Fsp3) is 0.429. The molecular formula is C21H23ClFN5O3. The van der Waals surface area contributed by atoms with E-state index in [0.717, 1.165) is 30.8 Å². The molecule has 3 heterocycles. The Morgan fingerprint density at radius 2 is 2.13 bits per heavy atom. The normalized spacial score (nSPS) is 18.8. The summed E-state index contributed by atoms with van der Waals surface area (Å²) in [6.07, 6.45) is 7.62. The summed E-state index contributed by atoms with van der Waals surface area (Å²) < 4.78 is 24.8. The first-order chi connectivity index (χ1) is 15.1. The van der Waals surface area contributed by atoms with Gasteiger partial charge in [0.25, 0.3) is 0 Å². The molecule has 1 aliphatic rings. The Bertz CT molecular complexity index is 1080. The minimum atomic E-state index is -0.586. The number of hydrogen-bond acceptors (Lipinski definition) is 7. The molecule has 0 saturated heterocycles. The Balaban J connectivity index is 1.57. The molecule has 2 N–H and O–H groups in total. The molecule has 164 valence electrons. The molecule has 2 atom stereocenters. The quantitative estimate of drug-likeness (QED) is 0.417. The third kappa shape index (κ3) is 4.77. The monoisotopic (exact) mass is 447 g/mol. The van der Waals surface area contributed by atoms with E-state index in [1.807, 2.05) is 0 Å². The number of halogens is 2. The molecule has 0 aromatic carbocycles. The van der Waals surface area contributed by atoms with Crippen LogP contribution in [-0.4, -0.2) is 52.3 Å². The Morgan fingerprint density at radius 1 is 1.29 bits per heavy atom. The van der Waals surface area contributed by atoms with Crippen molar-refractivity contribution in [1.29, 1.82) is 0 Å². The van der Waals surface area contributed by atoms with E-state index in [9.17, 15) is 9.18 Å². The number of aromatic nitrogens is 4. The second kappa shape index (κ2) is 9.57. The van der Waals surface area contributed by atoms with Gasteiger partial charge in [-0.05, 0) is 18.9 Å². The van der Waals surface area contributed by atoms with E-state index < -0.39 is 5.82 Å². The molecule has 0 spiro atoms. The fourth-order valence-corrected chi connectivity index (χ4v) is 4.01. The lowest BCUT2D eigenvalue weighted by Gasteiger charge is -2.31. The summed E-state index contributed by atoms with van der Waals surface area (Å²) >= 11 is 6.07. The van der Waals surface area contributed by atoms with Gasteiger partial charge in [-0.15, -0.1) is 0 Å². The number of pyridine rings is 1. The molecule has 3 aromatic rings. The average molecular weight is 448 g/mol. The van der Waals surface area contributed by atoms with Gasteiger partial charge in [-0.3, -0.25) is 4.79 Å². The summed E-state index contributed by atoms with van der Waals surface area (Å²) in [6, 6.07) is 1.48. The molecule has 0 amide bonds. The standard InChI is InChI=1S/C21H23ClFN5O3/c1-30-6-7-31-21(29)13-4-2-3-5-17(13)27-20-16(23)11-26-19(28-20)15-10-25-18-14(15)8-12(22)9-24-18/h8-11,13,17H,2-7H2,1H3,(H,24,25)(H,26,27,28)/t13-,17?/m0/s1. The van der Waals surface area contributed by atoms with Crippen molar-refractivity contribution in [3.8, 4) is 11.4 Å². The molecule has 0 aliphatic heterocycles. The number of aromatic amines is 1. The fourth-order valence-electron chi connectivity index (χ4n) is 3.85. The van der Waals surface area contributed by atoms with Crippen molar-refractivity contribution in [1.82, 2.24) is 19.9 Å². The maximum absolute atomic E-state index is 14.6. The van der Waals surface area contributed by atoms with Gasteiger partial charge in [0.1, 0.15) is 12.3 Å². The topological polar surface area (TPSA) is 102 Å². The zero-order valence-corrected chi connectivity index (χ0v) is 17.8. The van der Waals surface area contributed by atoms with Crippen molar-refractivity contribution < 1.29 is 18.7 Å². The highest BCUT2D eigenvalue weighted by molar-refractivity contribution is 6.31. The molecule has 1 saturated carbocycles. The predicted octanol–water partition coefficient (Wildman–Crippen LogP) is 3.97. The van der Waals surface area contributed by atoms with E-state index in [0.29, 0.717) is 35.1 Å². The summed E-state index contributed by atoms with van der Waals surface area (Å²) in [5, 5.41) is 4.34. The van der Waals surface area contributed by atoms with Crippen LogP contribution < -0.4 is 5.32 Å². The highest BCUT2D eigenvalue weighted by atomic mass is 35.5. The first kappa shape index (κ1) is 21.5. The molecule has 10 heteroatoms. The highest BCUT2D eigenvalue weighted by Gasteiger charge is 2.33. The van der Waals surface area contributed by atoms with Crippen LogP contribution in [0.5, 0.6) is 0 Å². The zero-order chi connectivity index (χ0) is 21.8. The minimum Gasteiger partial charge on any atom is -0.463 e. The van der Waals surface area contributed by atoms with Crippen molar-refractivity contribution in [2.75, 3.05) is 25.6 Å². The molecule has 1 unspecified atom stereocenters. The average Bonchev–Trinajstić information content (AvgIpc) is 3.19. The first-order valence-corrected chi connectivity index (χ1v) is 10.5. The second-order valence-corrected chi connectivity index (χ2v) is 7.88. The predicted molar refractivity (Wildman–Crippen MR) is 114 cm³/mol. The van der Waals surface area contributed by atoms with Gasteiger partial charge in [0, 0.05) is 36.5 Å². The van der Waals surface area contributed by atoms with E-state index in [-0.39, 0.29) is 30.4 Å². The van der Waals surface area contributed by atoms with Crippen LogP contribution in [0.3, 0.4) is 0 Å². The minimum absolute atomic E-state index is 0.0518. The largest absolute Gasteiger partial charge is 0.463 e. The van der Waals surface area contributed by atoms with Crippen LogP contribution in [0.1, 0.15) is 25.7 Å². The molecule has 8 nitrogen and oxygen atoms in total. The Hall–Kier alpha value is -2.78. The number of hydrogen-bond donors (Lipinski definition) is 2. The van der Waals surface area contributed by atoms with Gasteiger partial charge in [-0.2, -0.15) is 0 Å². The van der Waals surface area contributed by atoms with E-state index in [1.54, 1.807) is 19.4 Å². The Labute approximate surface area is 183 Å². The number of nitrogens with one attached hydrogen (secondary N) is 2. The number of ether oxygens (including phenoxy) is 2. The number of esters is 1. The number of carbonyl (C=O) groups is 1. The van der Waals surface area contributed by atoms with Gasteiger partial charge in [0.2, 0.25) is 0 Å². The summed E-state index contributed by atoms with van der Waals surface area (Å²) in [5.74, 6) is -0.886. The molecule has 0 bridgehead atoms. The van der Waals surface area contributed by atoms with Gasteiger partial charge >= 0.3 is 5.97 Å². The van der Waals surface area contributed by atoms with Gasteiger partial charge < -0.3 is 19.8 Å². The highest BCUT2D eigenvalue weighted by Crippen LogP contribution is 2.31. The van der Waals surface area contributed by atoms with Crippen LogP contribution in [0, 0.1) is 11.7 Å². The molecule has 31 heavy (non-hydrogen) atoms. The smallest absolute Gasteiger partial charge is 0.311 e. The maximum atomic E-state index is 14.6. The van der Waals surface area contributed by atoms with Gasteiger partial charge in [-0.1, -0.05) is 24.4 Å². The Kier molecular flexibility index (Phi) is 6.62. The van der Waals surface area contributed by atoms with Crippen LogP contribution in [-0.2, 0) is 14.3 Å². The zero-order valence-electron chi connectivity index (χ0n) is 17.0. The molecule has 1 fully saturated rings. The number of carbonyl (C=O) groups excluding carboxylic acids is 1. The Morgan fingerprint density at radius 3 is 2.97 bits per heavy atom. The van der Waals surface area contributed by atoms with E-state index >= 15 is 0 Å². The summed E-state index contributed by atoms with van der Waals surface area (Å²) in [7, 11) is 1.55. The molecule has 4 rings (SSSR count). The third-order valence-electron chi connectivity index (χ3n) is 5.41. The summed E-state index contributed by atoms with van der Waals surface area (Å²) in [5.41, 5.74) is 1.29. The van der Waals surface area contributed by atoms with Crippen molar-refractivity contribution >= 4 is 34.4 Å². The van der Waals surface area contributed by atoms with Gasteiger partial charge in [0.15, 0.2) is 17.5 Å². The van der Waals surface area contributed by atoms with Crippen molar-refractivity contribution in [3.63, 3.8) is 0 Å². The summed E-state index contributed by atoms with van der Waals surface area (Å²) in [4.78, 5) is 28.3. The lowest BCUT2D eigenvalue weighted by molar-refractivity contribution is -0.151. The number of nitrogens with zero attached hydrogens (tertiary/aromatic N) is 3. The third-order valence-corrected chi connectivity index (χ3v) is 5.61. The van der Waals surface area contributed by atoms with Crippen molar-refractivity contribution in [3.05, 3.63) is 35.5 Å². The van der Waals surface area contributed by atoms with E-state index in [1.165, 1.54) is 6.20 Å². The number of H-pyrrole nitrogens is 1. The van der Waals surface area contributed by atoms with Crippen molar-refractivity contribution in [2.24, 2.45) is 5.92 Å². The lowest BCUT2D eigenvalue weighted by Crippen LogP contribution is -2.39. The molecule has 0 radical (unpaired) electrons.